The highest BCUT2D eigenvalue weighted by atomic mass is 32.1. The van der Waals surface area contributed by atoms with E-state index >= 15 is 0 Å². The van der Waals surface area contributed by atoms with Crippen LogP contribution in [-0.2, 0) is 0 Å². The fraction of sp³-hybridized carbons (Fsp3) is 0.0233. The molecule has 2 aromatic heterocycles. The van der Waals surface area contributed by atoms with Crippen LogP contribution in [0.4, 0.5) is 0 Å². The van der Waals surface area contributed by atoms with Crippen molar-refractivity contribution in [1.82, 2.24) is 9.88 Å². The number of benzene rings is 7. The SMILES string of the molecule is c1ccc(C2=NC(c3ccccc3)NC(c3cccc4c3sc3c(-n5c6ccccc6c6c7ccccc7ccc65)cccc34)=N2)cc1. The second kappa shape index (κ2) is 10.8. The van der Waals surface area contributed by atoms with E-state index in [1.807, 2.05) is 35.6 Å². The van der Waals surface area contributed by atoms with E-state index in [1.165, 1.54) is 58.4 Å². The fourth-order valence-electron chi connectivity index (χ4n) is 7.28. The van der Waals surface area contributed by atoms with E-state index in [0.29, 0.717) is 0 Å². The van der Waals surface area contributed by atoms with Crippen molar-refractivity contribution >= 4 is 75.8 Å². The van der Waals surface area contributed by atoms with Gasteiger partial charge in [0, 0.05) is 37.4 Å². The van der Waals surface area contributed by atoms with E-state index in [4.69, 9.17) is 9.98 Å². The summed E-state index contributed by atoms with van der Waals surface area (Å²) in [6.45, 7) is 0. The third-order valence-corrected chi connectivity index (χ3v) is 10.7. The van der Waals surface area contributed by atoms with Crippen molar-refractivity contribution in [3.05, 3.63) is 174 Å². The fourth-order valence-corrected chi connectivity index (χ4v) is 8.59. The van der Waals surface area contributed by atoms with E-state index < -0.39 is 0 Å². The van der Waals surface area contributed by atoms with E-state index in [9.17, 15) is 0 Å². The predicted octanol–water partition coefficient (Wildman–Crippen LogP) is 10.8. The number of hydrogen-bond acceptors (Lipinski definition) is 4. The maximum Gasteiger partial charge on any atom is 0.159 e. The molecule has 0 bridgehead atoms. The molecule has 226 valence electrons. The van der Waals surface area contributed by atoms with Crippen molar-refractivity contribution in [2.24, 2.45) is 9.98 Å². The molecule has 1 aliphatic heterocycles. The Morgan fingerprint density at radius 2 is 1.23 bits per heavy atom. The summed E-state index contributed by atoms with van der Waals surface area (Å²) in [5, 5.41) is 11.3. The highest BCUT2D eigenvalue weighted by Crippen LogP contribution is 2.43. The Hall–Kier alpha value is -6.04. The number of nitrogens with zero attached hydrogens (tertiary/aromatic N) is 3. The minimum Gasteiger partial charge on any atom is -0.344 e. The van der Waals surface area contributed by atoms with Gasteiger partial charge in [-0.05, 0) is 40.6 Å². The van der Waals surface area contributed by atoms with Gasteiger partial charge in [0.2, 0.25) is 0 Å². The normalized spacial score (nSPS) is 14.9. The minimum atomic E-state index is -0.249. The molecule has 1 aliphatic rings. The third-order valence-electron chi connectivity index (χ3n) is 9.45. The van der Waals surface area contributed by atoms with Crippen LogP contribution in [0.3, 0.4) is 0 Å². The number of para-hydroxylation sites is 1. The lowest BCUT2D eigenvalue weighted by Gasteiger charge is -2.24. The molecule has 7 aromatic carbocycles. The molecule has 0 fully saturated rings. The molecule has 0 aliphatic carbocycles. The molecule has 0 radical (unpaired) electrons. The van der Waals surface area contributed by atoms with Gasteiger partial charge < -0.3 is 9.88 Å². The van der Waals surface area contributed by atoms with E-state index in [-0.39, 0.29) is 6.17 Å². The van der Waals surface area contributed by atoms with Crippen LogP contribution in [0.2, 0.25) is 0 Å². The third kappa shape index (κ3) is 4.15. The molecular weight excluding hydrogens is 605 g/mol. The quantitative estimate of drug-likeness (QED) is 0.206. The number of fused-ring (bicyclic) bond motifs is 8. The second-order valence-electron chi connectivity index (χ2n) is 12.2. The highest BCUT2D eigenvalue weighted by molar-refractivity contribution is 7.26. The lowest BCUT2D eigenvalue weighted by molar-refractivity contribution is 0.674. The summed E-state index contributed by atoms with van der Waals surface area (Å²) in [6.07, 6.45) is -0.249. The summed E-state index contributed by atoms with van der Waals surface area (Å²) >= 11 is 1.84. The summed E-state index contributed by atoms with van der Waals surface area (Å²) in [5.41, 5.74) is 6.80. The number of aliphatic imine (C=N–C) groups is 2. The van der Waals surface area contributed by atoms with Crippen molar-refractivity contribution < 1.29 is 0 Å². The highest BCUT2D eigenvalue weighted by Gasteiger charge is 2.24. The molecule has 1 atom stereocenters. The molecule has 1 unspecified atom stereocenters. The van der Waals surface area contributed by atoms with Crippen molar-refractivity contribution in [2.75, 3.05) is 0 Å². The Balaban J connectivity index is 1.21. The summed E-state index contributed by atoms with van der Waals surface area (Å²) in [5.74, 6) is 1.56. The van der Waals surface area contributed by atoms with Gasteiger partial charge in [-0.1, -0.05) is 133 Å². The number of thiophene rings is 1. The molecule has 10 rings (SSSR count). The van der Waals surface area contributed by atoms with Crippen molar-refractivity contribution in [3.63, 3.8) is 0 Å². The van der Waals surface area contributed by atoms with Gasteiger partial charge in [0.1, 0.15) is 12.0 Å². The second-order valence-corrected chi connectivity index (χ2v) is 13.2. The van der Waals surface area contributed by atoms with Gasteiger partial charge in [0.05, 0.1) is 21.4 Å². The van der Waals surface area contributed by atoms with Gasteiger partial charge in [0.15, 0.2) is 5.84 Å². The number of hydrogen-bond donors (Lipinski definition) is 1. The zero-order chi connectivity index (χ0) is 31.6. The maximum atomic E-state index is 5.16. The van der Waals surface area contributed by atoms with Crippen LogP contribution in [0.15, 0.2) is 168 Å². The Bertz CT molecular complexity index is 2750. The average Bonchev–Trinajstić information content (AvgIpc) is 3.72. The Morgan fingerprint density at radius 3 is 2.08 bits per heavy atom. The zero-order valence-corrected chi connectivity index (χ0v) is 26.7. The first-order valence-corrected chi connectivity index (χ1v) is 17.0. The predicted molar refractivity (Wildman–Crippen MR) is 203 cm³/mol. The molecule has 5 heteroatoms. The molecule has 9 aromatic rings. The van der Waals surface area contributed by atoms with Gasteiger partial charge in [-0.2, -0.15) is 0 Å². The Kier molecular flexibility index (Phi) is 6.08. The maximum absolute atomic E-state index is 5.16. The van der Waals surface area contributed by atoms with E-state index in [2.05, 4.69) is 143 Å². The summed E-state index contributed by atoms with van der Waals surface area (Å²) < 4.78 is 4.92. The number of rotatable bonds is 4. The van der Waals surface area contributed by atoms with Crippen molar-refractivity contribution in [3.8, 4) is 5.69 Å². The molecule has 1 N–H and O–H groups in total. The van der Waals surface area contributed by atoms with Crippen molar-refractivity contribution in [1.29, 1.82) is 0 Å². The lowest BCUT2D eigenvalue weighted by Crippen LogP contribution is -2.33. The van der Waals surface area contributed by atoms with Gasteiger partial charge in [-0.3, -0.25) is 0 Å². The molecule has 0 spiro atoms. The monoisotopic (exact) mass is 632 g/mol. The Morgan fingerprint density at radius 1 is 0.542 bits per heavy atom. The lowest BCUT2D eigenvalue weighted by atomic mass is 10.0. The molecule has 0 amide bonds. The number of aromatic nitrogens is 1. The molecule has 4 nitrogen and oxygen atoms in total. The van der Waals surface area contributed by atoms with Crippen LogP contribution in [0.25, 0.3) is 58.4 Å². The molecular formula is C43H28N4S. The van der Waals surface area contributed by atoms with Crippen LogP contribution < -0.4 is 5.32 Å². The Labute approximate surface area is 281 Å². The number of amidine groups is 2. The van der Waals surface area contributed by atoms with Gasteiger partial charge in [-0.15, -0.1) is 11.3 Å². The van der Waals surface area contributed by atoms with Crippen LogP contribution >= 0.6 is 11.3 Å². The minimum absolute atomic E-state index is 0.249. The number of nitrogens with one attached hydrogen (secondary N) is 1. The molecule has 0 saturated carbocycles. The van der Waals surface area contributed by atoms with Crippen LogP contribution in [-0.4, -0.2) is 16.2 Å². The largest absolute Gasteiger partial charge is 0.344 e. The zero-order valence-electron chi connectivity index (χ0n) is 25.8. The smallest absolute Gasteiger partial charge is 0.159 e. The van der Waals surface area contributed by atoms with Gasteiger partial charge >= 0.3 is 0 Å². The first kappa shape index (κ1) is 27.1. The molecule has 3 heterocycles. The van der Waals surface area contributed by atoms with E-state index in [1.54, 1.807) is 0 Å². The van der Waals surface area contributed by atoms with Crippen molar-refractivity contribution in [2.45, 2.75) is 6.17 Å². The van der Waals surface area contributed by atoms with Crippen LogP contribution in [0.5, 0.6) is 0 Å². The topological polar surface area (TPSA) is 41.7 Å². The van der Waals surface area contributed by atoms with Crippen LogP contribution in [0, 0.1) is 0 Å². The van der Waals surface area contributed by atoms with Crippen LogP contribution in [0.1, 0.15) is 22.9 Å². The van der Waals surface area contributed by atoms with Gasteiger partial charge in [-0.25, -0.2) is 9.98 Å². The summed E-state index contributed by atoms with van der Waals surface area (Å²) in [7, 11) is 0. The standard InChI is InChI=1S/C43H28N4S/c1-3-14-28(15-4-1)41-44-42(29-16-5-2-6-17-29)46-43(45-41)34-22-11-20-31-32-21-12-24-37(40(32)48-39(31)34)47-35-23-10-9-19-33(35)38-30-18-8-7-13-27(30)25-26-36(38)47/h1-26,41H,(H,44,45,46). The first-order valence-electron chi connectivity index (χ1n) is 16.2. The van der Waals surface area contributed by atoms with E-state index in [0.717, 1.165) is 28.4 Å². The first-order chi connectivity index (χ1) is 23.8. The van der Waals surface area contributed by atoms with Gasteiger partial charge in [0.25, 0.3) is 0 Å². The molecule has 48 heavy (non-hydrogen) atoms. The summed E-state index contributed by atoms with van der Waals surface area (Å²) in [4.78, 5) is 10.2. The molecule has 0 saturated heterocycles. The average molecular weight is 633 g/mol. The summed E-state index contributed by atoms with van der Waals surface area (Å²) in [6, 6.07) is 56.0.